The van der Waals surface area contributed by atoms with Crippen LogP contribution in [0, 0.1) is 0 Å². The largest absolute Gasteiger partial charge is 0.395 e. The molecule has 6 heteroatoms. The number of anilines is 1. The van der Waals surface area contributed by atoms with E-state index in [9.17, 15) is 0 Å². The van der Waals surface area contributed by atoms with Crippen molar-refractivity contribution in [2.75, 3.05) is 18.5 Å². The average molecular weight is 236 g/mol. The first kappa shape index (κ1) is 10.8. The number of benzene rings is 1. The fourth-order valence-electron chi connectivity index (χ4n) is 1.36. The lowest BCUT2D eigenvalue weighted by atomic mass is 10.2. The van der Waals surface area contributed by atoms with Crippen molar-refractivity contribution in [3.8, 4) is 0 Å². The molecule has 4 N–H and O–H groups in total. The lowest BCUT2D eigenvalue weighted by Gasteiger charge is -2.09. The first-order chi connectivity index (χ1) is 7.79. The number of nitrogens with zero attached hydrogens (tertiary/aromatic N) is 1. The second-order valence-electron chi connectivity index (χ2n) is 3.28. The van der Waals surface area contributed by atoms with Gasteiger partial charge in [-0.1, -0.05) is 0 Å². The van der Waals surface area contributed by atoms with E-state index in [1.807, 2.05) is 18.2 Å². The summed E-state index contributed by atoms with van der Waals surface area (Å²) in [4.78, 5) is 0. The van der Waals surface area contributed by atoms with Gasteiger partial charge in [-0.25, -0.2) is 0 Å². The minimum Gasteiger partial charge on any atom is -0.395 e. The number of hydrogen-bond donors (Lipinski definition) is 4. The summed E-state index contributed by atoms with van der Waals surface area (Å²) >= 11 is 5.04. The van der Waals surface area contributed by atoms with Gasteiger partial charge < -0.3 is 15.7 Å². The number of aromatic nitrogens is 2. The molecule has 0 aliphatic rings. The molecule has 0 atom stereocenters. The van der Waals surface area contributed by atoms with Crippen molar-refractivity contribution in [3.63, 3.8) is 0 Å². The Morgan fingerprint density at radius 2 is 2.38 bits per heavy atom. The number of aromatic amines is 1. The molecule has 0 bridgehead atoms. The molecule has 1 heterocycles. The van der Waals surface area contributed by atoms with Crippen LogP contribution in [0.1, 0.15) is 0 Å². The Morgan fingerprint density at radius 1 is 1.50 bits per heavy atom. The molecule has 84 valence electrons. The maximum absolute atomic E-state index is 8.63. The van der Waals surface area contributed by atoms with Gasteiger partial charge in [-0.15, -0.1) is 0 Å². The first-order valence-electron chi connectivity index (χ1n) is 4.88. The van der Waals surface area contributed by atoms with Crippen LogP contribution in [-0.2, 0) is 0 Å². The number of aliphatic hydroxyl groups is 1. The van der Waals surface area contributed by atoms with E-state index in [1.54, 1.807) is 6.20 Å². The van der Waals surface area contributed by atoms with Crippen molar-refractivity contribution in [2.24, 2.45) is 0 Å². The maximum Gasteiger partial charge on any atom is 0.170 e. The Morgan fingerprint density at radius 3 is 3.19 bits per heavy atom. The molecule has 0 fully saturated rings. The molecule has 0 amide bonds. The van der Waals surface area contributed by atoms with Gasteiger partial charge in [0, 0.05) is 17.6 Å². The Bertz CT molecular complexity index is 496. The molecule has 16 heavy (non-hydrogen) atoms. The second kappa shape index (κ2) is 4.91. The van der Waals surface area contributed by atoms with E-state index in [1.165, 1.54) is 0 Å². The van der Waals surface area contributed by atoms with Crippen molar-refractivity contribution in [1.82, 2.24) is 15.5 Å². The minimum atomic E-state index is 0.0569. The summed E-state index contributed by atoms with van der Waals surface area (Å²) in [5.41, 5.74) is 1.84. The molecule has 0 saturated heterocycles. The van der Waals surface area contributed by atoms with E-state index < -0.39 is 0 Å². The summed E-state index contributed by atoms with van der Waals surface area (Å²) in [5, 5.41) is 22.9. The summed E-state index contributed by atoms with van der Waals surface area (Å²) in [6, 6.07) is 5.80. The first-order valence-corrected chi connectivity index (χ1v) is 5.29. The predicted octanol–water partition coefficient (Wildman–Crippen LogP) is 0.842. The molecule has 0 aliphatic heterocycles. The van der Waals surface area contributed by atoms with Crippen molar-refractivity contribution >= 4 is 33.9 Å². The summed E-state index contributed by atoms with van der Waals surface area (Å²) in [5.74, 6) is 0. The van der Waals surface area contributed by atoms with Crippen LogP contribution in [-0.4, -0.2) is 33.6 Å². The van der Waals surface area contributed by atoms with Crippen LogP contribution in [0.5, 0.6) is 0 Å². The highest BCUT2D eigenvalue weighted by atomic mass is 32.1. The zero-order valence-corrected chi connectivity index (χ0v) is 9.34. The third-order valence-electron chi connectivity index (χ3n) is 2.10. The Kier molecular flexibility index (Phi) is 3.33. The number of thiocarbonyl (C=S) groups is 1. The molecule has 5 nitrogen and oxygen atoms in total. The molecule has 2 rings (SSSR count). The lowest BCUT2D eigenvalue weighted by Crippen LogP contribution is -2.30. The van der Waals surface area contributed by atoms with Crippen molar-refractivity contribution < 1.29 is 5.11 Å². The number of aliphatic hydroxyl groups excluding tert-OH is 1. The topological polar surface area (TPSA) is 73.0 Å². The molecule has 2 aromatic rings. The molecule has 0 spiro atoms. The molecule has 1 aromatic heterocycles. The standard InChI is InChI=1S/C10H12N4OS/c15-4-3-11-10(16)13-8-2-1-7-6-12-14-9(7)5-8/h1-2,5-6,15H,3-4H2,(H,12,14)(H2,11,13,16). The molecular weight excluding hydrogens is 224 g/mol. The summed E-state index contributed by atoms with van der Waals surface area (Å²) in [7, 11) is 0. The highest BCUT2D eigenvalue weighted by Gasteiger charge is 1.99. The van der Waals surface area contributed by atoms with Crippen LogP contribution >= 0.6 is 12.2 Å². The van der Waals surface area contributed by atoms with Gasteiger partial charge >= 0.3 is 0 Å². The van der Waals surface area contributed by atoms with Crippen LogP contribution in [0.2, 0.25) is 0 Å². The number of fused-ring (bicyclic) bond motifs is 1. The van der Waals surface area contributed by atoms with Crippen LogP contribution < -0.4 is 10.6 Å². The van der Waals surface area contributed by atoms with E-state index in [4.69, 9.17) is 17.3 Å². The zero-order valence-electron chi connectivity index (χ0n) is 8.53. The molecular formula is C10H12N4OS. The van der Waals surface area contributed by atoms with Gasteiger partial charge in [0.15, 0.2) is 5.11 Å². The van der Waals surface area contributed by atoms with E-state index in [0.29, 0.717) is 11.7 Å². The van der Waals surface area contributed by atoms with Crippen LogP contribution in [0.25, 0.3) is 10.9 Å². The molecule has 0 aliphatic carbocycles. The van der Waals surface area contributed by atoms with Crippen molar-refractivity contribution in [3.05, 3.63) is 24.4 Å². The fraction of sp³-hybridized carbons (Fsp3) is 0.200. The van der Waals surface area contributed by atoms with Gasteiger partial charge in [0.05, 0.1) is 18.3 Å². The van der Waals surface area contributed by atoms with Gasteiger partial charge in [0.2, 0.25) is 0 Å². The Balaban J connectivity index is 2.06. The summed E-state index contributed by atoms with van der Waals surface area (Å²) < 4.78 is 0. The van der Waals surface area contributed by atoms with E-state index >= 15 is 0 Å². The maximum atomic E-state index is 8.63. The fourth-order valence-corrected chi connectivity index (χ4v) is 1.58. The Labute approximate surface area is 97.9 Å². The van der Waals surface area contributed by atoms with Gasteiger partial charge in [-0.3, -0.25) is 5.10 Å². The van der Waals surface area contributed by atoms with Crippen LogP contribution in [0.4, 0.5) is 5.69 Å². The van der Waals surface area contributed by atoms with Crippen LogP contribution in [0.15, 0.2) is 24.4 Å². The monoisotopic (exact) mass is 236 g/mol. The average Bonchev–Trinajstić information content (AvgIpc) is 2.73. The quantitative estimate of drug-likeness (QED) is 0.594. The van der Waals surface area contributed by atoms with Gasteiger partial charge in [0.1, 0.15) is 0 Å². The molecule has 0 unspecified atom stereocenters. The zero-order chi connectivity index (χ0) is 11.4. The predicted molar refractivity (Wildman–Crippen MR) is 67.4 cm³/mol. The molecule has 0 saturated carbocycles. The minimum absolute atomic E-state index is 0.0569. The summed E-state index contributed by atoms with van der Waals surface area (Å²) in [6.45, 7) is 0.500. The highest BCUT2D eigenvalue weighted by Crippen LogP contribution is 2.16. The molecule has 1 aromatic carbocycles. The molecule has 0 radical (unpaired) electrons. The van der Waals surface area contributed by atoms with E-state index in [0.717, 1.165) is 16.6 Å². The number of hydrogen-bond acceptors (Lipinski definition) is 3. The van der Waals surface area contributed by atoms with Crippen molar-refractivity contribution in [1.29, 1.82) is 0 Å². The number of H-pyrrole nitrogens is 1. The number of nitrogens with one attached hydrogen (secondary N) is 3. The summed E-state index contributed by atoms with van der Waals surface area (Å²) in [6.07, 6.45) is 1.77. The Hall–Kier alpha value is -1.66. The lowest BCUT2D eigenvalue weighted by molar-refractivity contribution is 0.301. The van der Waals surface area contributed by atoms with Crippen molar-refractivity contribution in [2.45, 2.75) is 0 Å². The third-order valence-corrected chi connectivity index (χ3v) is 2.34. The smallest absolute Gasteiger partial charge is 0.170 e. The third kappa shape index (κ3) is 2.47. The number of rotatable bonds is 3. The van der Waals surface area contributed by atoms with Crippen LogP contribution in [0.3, 0.4) is 0 Å². The second-order valence-corrected chi connectivity index (χ2v) is 3.68. The SMILES string of the molecule is OCCNC(=S)Nc1ccc2cn[nH]c2c1. The van der Waals surface area contributed by atoms with Gasteiger partial charge in [-0.05, 0) is 30.4 Å². The highest BCUT2D eigenvalue weighted by molar-refractivity contribution is 7.80. The van der Waals surface area contributed by atoms with Gasteiger partial charge in [0.25, 0.3) is 0 Å². The van der Waals surface area contributed by atoms with E-state index in [-0.39, 0.29) is 6.61 Å². The van der Waals surface area contributed by atoms with Gasteiger partial charge in [-0.2, -0.15) is 5.10 Å². The normalized spacial score (nSPS) is 10.3. The van der Waals surface area contributed by atoms with E-state index in [2.05, 4.69) is 20.8 Å².